The second kappa shape index (κ2) is 6.03. The minimum atomic E-state index is -0.240. The number of hydrogen-bond donors (Lipinski definition) is 2. The number of nitrogens with two attached hydrogens (primary N) is 1. The van der Waals surface area contributed by atoms with Crippen molar-refractivity contribution in [2.45, 2.75) is 27.7 Å². The Labute approximate surface area is 158 Å². The number of nitrogens with zero attached hydrogens (tertiary/aromatic N) is 2. The van der Waals surface area contributed by atoms with Crippen molar-refractivity contribution in [3.05, 3.63) is 44.8 Å². The smallest absolute Gasteiger partial charge is 0.269 e. The molecule has 5 nitrogen and oxygen atoms in total. The highest BCUT2D eigenvalue weighted by molar-refractivity contribution is 7.21. The Balaban J connectivity index is 1.80. The normalized spacial score (nSPS) is 11.4. The molecule has 0 saturated heterocycles. The van der Waals surface area contributed by atoms with E-state index < -0.39 is 0 Å². The fourth-order valence-electron chi connectivity index (χ4n) is 3.01. The van der Waals surface area contributed by atoms with E-state index >= 15 is 0 Å². The lowest BCUT2D eigenvalue weighted by Crippen LogP contribution is -2.11. The van der Waals surface area contributed by atoms with Crippen molar-refractivity contribution < 1.29 is 4.79 Å². The van der Waals surface area contributed by atoms with Crippen molar-refractivity contribution in [3.8, 4) is 0 Å². The summed E-state index contributed by atoms with van der Waals surface area (Å²) in [6, 6.07) is 6.21. The van der Waals surface area contributed by atoms with Gasteiger partial charge >= 0.3 is 0 Å². The van der Waals surface area contributed by atoms with Crippen molar-refractivity contribution in [1.82, 2.24) is 9.97 Å². The first-order valence-corrected chi connectivity index (χ1v) is 9.82. The summed E-state index contributed by atoms with van der Waals surface area (Å²) in [4.78, 5) is 24.1. The molecule has 7 heteroatoms. The molecular formula is C19H18N4OS2. The van der Waals surface area contributed by atoms with Crippen LogP contribution in [0, 0.1) is 27.7 Å². The molecule has 1 amide bonds. The van der Waals surface area contributed by atoms with E-state index in [1.165, 1.54) is 28.2 Å². The number of thiazole rings is 1. The zero-order valence-electron chi connectivity index (χ0n) is 14.9. The monoisotopic (exact) mass is 382 g/mol. The van der Waals surface area contributed by atoms with Gasteiger partial charge in [-0.2, -0.15) is 0 Å². The highest BCUT2D eigenvalue weighted by atomic mass is 32.1. The van der Waals surface area contributed by atoms with Gasteiger partial charge in [0.2, 0.25) is 0 Å². The zero-order valence-corrected chi connectivity index (χ0v) is 16.6. The zero-order chi connectivity index (χ0) is 18.6. The second-order valence-electron chi connectivity index (χ2n) is 6.45. The highest BCUT2D eigenvalue weighted by Gasteiger charge is 2.19. The summed E-state index contributed by atoms with van der Waals surface area (Å²) < 4.78 is 0. The van der Waals surface area contributed by atoms with Crippen LogP contribution >= 0.6 is 22.7 Å². The Hall–Kier alpha value is -2.51. The molecule has 3 heterocycles. The molecule has 0 bridgehead atoms. The topological polar surface area (TPSA) is 80.9 Å². The maximum atomic E-state index is 12.7. The molecule has 4 rings (SSSR count). The summed E-state index contributed by atoms with van der Waals surface area (Å²) in [6.45, 7) is 8.02. The predicted molar refractivity (Wildman–Crippen MR) is 111 cm³/mol. The molecule has 132 valence electrons. The Kier molecular flexibility index (Phi) is 3.93. The third-order valence-electron chi connectivity index (χ3n) is 4.44. The Morgan fingerprint density at radius 2 is 1.81 bits per heavy atom. The number of nitrogens with one attached hydrogen (secondary N) is 1. The molecule has 1 aromatic carbocycles. The Bertz CT molecular complexity index is 1170. The number of amides is 1. The number of rotatable bonds is 2. The van der Waals surface area contributed by atoms with E-state index in [0.717, 1.165) is 37.3 Å². The fraction of sp³-hybridized carbons (Fsp3) is 0.211. The van der Waals surface area contributed by atoms with Crippen LogP contribution in [0.15, 0.2) is 18.2 Å². The Morgan fingerprint density at radius 1 is 1.04 bits per heavy atom. The van der Waals surface area contributed by atoms with Crippen LogP contribution in [0.1, 0.15) is 31.4 Å². The van der Waals surface area contributed by atoms with E-state index in [1.807, 2.05) is 19.9 Å². The largest absolute Gasteiger partial charge is 0.397 e. The van der Waals surface area contributed by atoms with E-state index in [0.29, 0.717) is 15.7 Å². The molecule has 4 aromatic rings. The van der Waals surface area contributed by atoms with Crippen LogP contribution in [0.3, 0.4) is 0 Å². The first-order valence-electron chi connectivity index (χ1n) is 8.19. The summed E-state index contributed by atoms with van der Waals surface area (Å²) in [6.07, 6.45) is 0. The van der Waals surface area contributed by atoms with Gasteiger partial charge in [-0.05, 0) is 51.0 Å². The van der Waals surface area contributed by atoms with Crippen molar-refractivity contribution in [3.63, 3.8) is 0 Å². The maximum absolute atomic E-state index is 12.7. The molecule has 0 radical (unpaired) electrons. The first-order chi connectivity index (χ1) is 12.3. The van der Waals surface area contributed by atoms with E-state index in [-0.39, 0.29) is 5.91 Å². The number of fused-ring (bicyclic) bond motifs is 2. The first kappa shape index (κ1) is 16.9. The van der Waals surface area contributed by atoms with Crippen LogP contribution in [0.2, 0.25) is 0 Å². The number of benzene rings is 1. The molecule has 3 aromatic heterocycles. The summed E-state index contributed by atoms with van der Waals surface area (Å²) >= 11 is 2.78. The number of pyridine rings is 1. The van der Waals surface area contributed by atoms with Gasteiger partial charge in [-0.15, -0.1) is 22.7 Å². The lowest BCUT2D eigenvalue weighted by molar-refractivity contribution is 0.103. The van der Waals surface area contributed by atoms with Gasteiger partial charge in [-0.25, -0.2) is 9.97 Å². The molecule has 26 heavy (non-hydrogen) atoms. The minimum absolute atomic E-state index is 0.240. The summed E-state index contributed by atoms with van der Waals surface area (Å²) in [7, 11) is 0. The van der Waals surface area contributed by atoms with Gasteiger partial charge in [0.1, 0.15) is 9.71 Å². The van der Waals surface area contributed by atoms with E-state index in [1.54, 1.807) is 0 Å². The minimum Gasteiger partial charge on any atom is -0.397 e. The highest BCUT2D eigenvalue weighted by Crippen LogP contribution is 2.36. The van der Waals surface area contributed by atoms with Crippen LogP contribution in [0.5, 0.6) is 0 Å². The second-order valence-corrected chi connectivity index (χ2v) is 8.65. The number of aromatic nitrogens is 2. The molecule has 0 aliphatic rings. The van der Waals surface area contributed by atoms with Crippen LogP contribution in [0.4, 0.5) is 10.8 Å². The van der Waals surface area contributed by atoms with Crippen LogP contribution in [-0.2, 0) is 0 Å². The van der Waals surface area contributed by atoms with Gasteiger partial charge in [0.15, 0.2) is 5.13 Å². The molecule has 0 atom stereocenters. The quantitative estimate of drug-likeness (QED) is 0.513. The third-order valence-corrected chi connectivity index (χ3v) is 6.54. The summed E-state index contributed by atoms with van der Waals surface area (Å²) in [5.74, 6) is -0.240. The number of anilines is 2. The third kappa shape index (κ3) is 2.73. The molecule has 0 unspecified atom stereocenters. The van der Waals surface area contributed by atoms with Gasteiger partial charge in [0.25, 0.3) is 5.91 Å². The van der Waals surface area contributed by atoms with Crippen molar-refractivity contribution in [2.24, 2.45) is 0 Å². The average Bonchev–Trinajstić information content (AvgIpc) is 3.05. The fourth-order valence-corrected chi connectivity index (χ4v) is 4.80. The number of aryl methyl sites for hydroxylation is 4. The number of nitrogen functional groups attached to an aromatic ring is 1. The van der Waals surface area contributed by atoms with E-state index in [4.69, 9.17) is 10.7 Å². The van der Waals surface area contributed by atoms with Crippen LogP contribution < -0.4 is 11.1 Å². The van der Waals surface area contributed by atoms with Gasteiger partial charge in [0, 0.05) is 15.6 Å². The molecular weight excluding hydrogens is 364 g/mol. The van der Waals surface area contributed by atoms with E-state index in [9.17, 15) is 4.79 Å². The molecule has 0 aliphatic heterocycles. The molecule has 3 N–H and O–H groups in total. The number of hydrogen-bond acceptors (Lipinski definition) is 6. The van der Waals surface area contributed by atoms with Crippen molar-refractivity contribution in [2.75, 3.05) is 11.1 Å². The lowest BCUT2D eigenvalue weighted by atomic mass is 10.1. The number of thiophene rings is 1. The van der Waals surface area contributed by atoms with Crippen LogP contribution in [-0.4, -0.2) is 15.9 Å². The number of carbonyl (C=O) groups excluding carboxylic acids is 1. The van der Waals surface area contributed by atoms with Gasteiger partial charge in [-0.1, -0.05) is 6.07 Å². The van der Waals surface area contributed by atoms with Gasteiger partial charge in [0.05, 0.1) is 16.9 Å². The molecule has 0 fully saturated rings. The predicted octanol–water partition coefficient (Wildman–Crippen LogP) is 4.97. The van der Waals surface area contributed by atoms with E-state index in [2.05, 4.69) is 36.3 Å². The van der Waals surface area contributed by atoms with Crippen LogP contribution in [0.25, 0.3) is 21.1 Å². The summed E-state index contributed by atoms with van der Waals surface area (Å²) in [5, 5.41) is 5.33. The van der Waals surface area contributed by atoms with Crippen molar-refractivity contribution in [1.29, 1.82) is 0 Å². The summed E-state index contributed by atoms with van der Waals surface area (Å²) in [5.41, 5.74) is 10.9. The lowest BCUT2D eigenvalue weighted by Gasteiger charge is -2.04. The molecule has 0 aliphatic carbocycles. The van der Waals surface area contributed by atoms with Gasteiger partial charge < -0.3 is 5.73 Å². The maximum Gasteiger partial charge on any atom is 0.269 e. The van der Waals surface area contributed by atoms with Crippen molar-refractivity contribution >= 4 is 60.5 Å². The molecule has 0 spiro atoms. The van der Waals surface area contributed by atoms with Gasteiger partial charge in [-0.3, -0.25) is 10.1 Å². The SMILES string of the molecule is Cc1cc(C)c2cc3c(N)c(C(=O)Nc4nc(C)c(C)s4)sc3nc2c1. The Morgan fingerprint density at radius 3 is 2.50 bits per heavy atom. The number of carbonyl (C=O) groups is 1. The standard InChI is InChI=1S/C19H18N4OS2/c1-8-5-9(2)12-7-13-15(20)16(26-18(13)22-14(12)6-8)17(24)23-19-21-10(3)11(4)25-19/h5-7H,20H2,1-4H3,(H,21,23,24). The average molecular weight is 383 g/mol. The molecule has 0 saturated carbocycles.